The number of hydrogen-bond acceptors (Lipinski definition) is 2. The molecule has 0 radical (unpaired) electrons. The highest BCUT2D eigenvalue weighted by Crippen LogP contribution is 2.23. The predicted octanol–water partition coefficient (Wildman–Crippen LogP) is 3.11. The van der Waals surface area contributed by atoms with Crippen LogP contribution in [0.2, 0.25) is 5.02 Å². The number of oxime groups is 1. The van der Waals surface area contributed by atoms with Crippen LogP contribution in [0.5, 0.6) is 5.75 Å². The maximum absolute atomic E-state index is 5.81. The molecule has 0 spiro atoms. The van der Waals surface area contributed by atoms with Crippen molar-refractivity contribution in [2.45, 2.75) is 13.8 Å². The zero-order valence-corrected chi connectivity index (χ0v) is 7.80. The summed E-state index contributed by atoms with van der Waals surface area (Å²) in [5.74, 6) is 0.584. The Morgan fingerprint density at radius 2 is 2.00 bits per heavy atom. The Morgan fingerprint density at radius 1 is 1.33 bits per heavy atom. The van der Waals surface area contributed by atoms with Crippen molar-refractivity contribution in [2.24, 2.45) is 5.16 Å². The molecule has 3 heteroatoms. The molecule has 0 fully saturated rings. The monoisotopic (exact) mass is 183 g/mol. The van der Waals surface area contributed by atoms with E-state index < -0.39 is 0 Å². The third-order valence-corrected chi connectivity index (χ3v) is 1.48. The third-order valence-electron chi connectivity index (χ3n) is 1.16. The van der Waals surface area contributed by atoms with E-state index in [2.05, 4.69) is 5.16 Å². The molecular formula is C9H10ClNO. The normalized spacial score (nSPS) is 9.25. The minimum atomic E-state index is 0.572. The standard InChI is InChI=1S/C9H10ClNO/c1-7(2)11-12-9-6-4-3-5-8(9)10/h3-6H,1-2H3. The number of halogens is 1. The van der Waals surface area contributed by atoms with Crippen LogP contribution in [0.3, 0.4) is 0 Å². The van der Waals surface area contributed by atoms with E-state index in [0.29, 0.717) is 10.8 Å². The number of benzene rings is 1. The molecule has 0 aliphatic heterocycles. The van der Waals surface area contributed by atoms with Gasteiger partial charge in [-0.05, 0) is 26.0 Å². The van der Waals surface area contributed by atoms with Crippen molar-refractivity contribution < 1.29 is 4.84 Å². The summed E-state index contributed by atoms with van der Waals surface area (Å²) < 4.78 is 0. The first-order valence-corrected chi connectivity index (χ1v) is 4.00. The third kappa shape index (κ3) is 2.55. The smallest absolute Gasteiger partial charge is 0.176 e. The Morgan fingerprint density at radius 3 is 2.58 bits per heavy atom. The quantitative estimate of drug-likeness (QED) is 0.510. The molecule has 0 saturated heterocycles. The summed E-state index contributed by atoms with van der Waals surface area (Å²) >= 11 is 5.81. The first-order valence-electron chi connectivity index (χ1n) is 3.63. The Bertz CT molecular complexity index is 292. The highest BCUT2D eigenvalue weighted by atomic mass is 35.5. The topological polar surface area (TPSA) is 21.6 Å². The first-order chi connectivity index (χ1) is 5.70. The molecule has 1 aromatic rings. The van der Waals surface area contributed by atoms with Crippen LogP contribution < -0.4 is 4.84 Å². The van der Waals surface area contributed by atoms with Gasteiger partial charge in [-0.3, -0.25) is 0 Å². The van der Waals surface area contributed by atoms with Crippen molar-refractivity contribution in [1.29, 1.82) is 0 Å². The molecule has 1 rings (SSSR count). The molecule has 1 aromatic carbocycles. The van der Waals surface area contributed by atoms with Gasteiger partial charge in [-0.15, -0.1) is 0 Å². The van der Waals surface area contributed by atoms with Crippen LogP contribution in [0.4, 0.5) is 0 Å². The van der Waals surface area contributed by atoms with Gasteiger partial charge < -0.3 is 4.84 Å². The number of hydrogen-bond donors (Lipinski definition) is 0. The lowest BCUT2D eigenvalue weighted by Crippen LogP contribution is -1.88. The lowest BCUT2D eigenvalue weighted by molar-refractivity contribution is 0.341. The molecule has 0 atom stereocenters. The van der Waals surface area contributed by atoms with E-state index in [1.165, 1.54) is 0 Å². The molecule has 0 amide bonds. The zero-order chi connectivity index (χ0) is 8.97. The second-order valence-electron chi connectivity index (χ2n) is 2.56. The lowest BCUT2D eigenvalue weighted by Gasteiger charge is -1.99. The zero-order valence-electron chi connectivity index (χ0n) is 7.04. The molecule has 0 saturated carbocycles. The summed E-state index contributed by atoms with van der Waals surface area (Å²) in [6.45, 7) is 3.72. The minimum absolute atomic E-state index is 0.572. The van der Waals surface area contributed by atoms with Gasteiger partial charge in [-0.1, -0.05) is 28.9 Å². The van der Waals surface area contributed by atoms with Crippen LogP contribution in [0.1, 0.15) is 13.8 Å². The summed E-state index contributed by atoms with van der Waals surface area (Å²) in [5, 5.41) is 4.36. The van der Waals surface area contributed by atoms with E-state index in [4.69, 9.17) is 16.4 Å². The van der Waals surface area contributed by atoms with Crippen molar-refractivity contribution in [2.75, 3.05) is 0 Å². The van der Waals surface area contributed by atoms with E-state index in [1.54, 1.807) is 12.1 Å². The Hall–Kier alpha value is -1.02. The highest BCUT2D eigenvalue weighted by Gasteiger charge is 1.97. The summed E-state index contributed by atoms with van der Waals surface area (Å²) in [4.78, 5) is 5.05. The van der Waals surface area contributed by atoms with Crippen LogP contribution in [-0.2, 0) is 0 Å². The second-order valence-corrected chi connectivity index (χ2v) is 2.97. The van der Waals surface area contributed by atoms with Gasteiger partial charge in [-0.2, -0.15) is 0 Å². The summed E-state index contributed by atoms with van der Waals surface area (Å²) in [6, 6.07) is 7.23. The second kappa shape index (κ2) is 4.12. The fourth-order valence-corrected chi connectivity index (χ4v) is 0.829. The van der Waals surface area contributed by atoms with E-state index >= 15 is 0 Å². The largest absolute Gasteiger partial charge is 0.356 e. The van der Waals surface area contributed by atoms with Crippen LogP contribution in [0.15, 0.2) is 29.4 Å². The molecular weight excluding hydrogens is 174 g/mol. The number of rotatable bonds is 2. The minimum Gasteiger partial charge on any atom is -0.356 e. The fraction of sp³-hybridized carbons (Fsp3) is 0.222. The van der Waals surface area contributed by atoms with Gasteiger partial charge in [0.15, 0.2) is 5.75 Å². The molecule has 0 aliphatic rings. The van der Waals surface area contributed by atoms with Crippen LogP contribution in [-0.4, -0.2) is 5.71 Å². The summed E-state index contributed by atoms with van der Waals surface area (Å²) in [6.07, 6.45) is 0. The predicted molar refractivity (Wildman–Crippen MR) is 50.9 cm³/mol. The molecule has 0 heterocycles. The lowest BCUT2D eigenvalue weighted by atomic mass is 10.3. The molecule has 0 aromatic heterocycles. The summed E-state index contributed by atoms with van der Waals surface area (Å²) in [7, 11) is 0. The maximum Gasteiger partial charge on any atom is 0.176 e. The van der Waals surface area contributed by atoms with Gasteiger partial charge in [0.2, 0.25) is 0 Å². The first kappa shape index (κ1) is 9.07. The Balaban J connectivity index is 2.76. The van der Waals surface area contributed by atoms with Crippen molar-refractivity contribution in [3.8, 4) is 5.75 Å². The van der Waals surface area contributed by atoms with Gasteiger partial charge in [-0.25, -0.2) is 0 Å². The Kier molecular flexibility index (Phi) is 3.11. The van der Waals surface area contributed by atoms with E-state index in [9.17, 15) is 0 Å². The van der Waals surface area contributed by atoms with Crippen LogP contribution in [0, 0.1) is 0 Å². The Labute approximate surface area is 76.8 Å². The van der Waals surface area contributed by atoms with Crippen LogP contribution in [0.25, 0.3) is 0 Å². The van der Waals surface area contributed by atoms with Gasteiger partial charge in [0.05, 0.1) is 10.7 Å². The van der Waals surface area contributed by atoms with E-state index in [0.717, 1.165) is 5.71 Å². The summed E-state index contributed by atoms with van der Waals surface area (Å²) in [5.41, 5.74) is 0.856. The van der Waals surface area contributed by atoms with Gasteiger partial charge in [0.1, 0.15) is 0 Å². The molecule has 64 valence electrons. The average Bonchev–Trinajstić information content (AvgIpc) is 2.03. The van der Waals surface area contributed by atoms with Gasteiger partial charge >= 0.3 is 0 Å². The highest BCUT2D eigenvalue weighted by molar-refractivity contribution is 6.32. The fourth-order valence-electron chi connectivity index (χ4n) is 0.659. The van der Waals surface area contributed by atoms with Crippen molar-refractivity contribution in [3.63, 3.8) is 0 Å². The van der Waals surface area contributed by atoms with Gasteiger partial charge in [0, 0.05) is 0 Å². The molecule has 0 bridgehead atoms. The van der Waals surface area contributed by atoms with Crippen molar-refractivity contribution in [1.82, 2.24) is 0 Å². The van der Waals surface area contributed by atoms with Crippen molar-refractivity contribution >= 4 is 17.3 Å². The SMILES string of the molecule is CC(C)=NOc1ccccc1Cl. The maximum atomic E-state index is 5.81. The number of nitrogens with zero attached hydrogens (tertiary/aromatic N) is 1. The molecule has 2 nitrogen and oxygen atoms in total. The molecule has 12 heavy (non-hydrogen) atoms. The molecule has 0 unspecified atom stereocenters. The van der Waals surface area contributed by atoms with Gasteiger partial charge in [0.25, 0.3) is 0 Å². The molecule has 0 N–H and O–H groups in total. The molecule has 0 aliphatic carbocycles. The van der Waals surface area contributed by atoms with Crippen molar-refractivity contribution in [3.05, 3.63) is 29.3 Å². The van der Waals surface area contributed by atoms with E-state index in [-0.39, 0.29) is 0 Å². The average molecular weight is 184 g/mol. The van der Waals surface area contributed by atoms with E-state index in [1.807, 2.05) is 26.0 Å². The number of para-hydroxylation sites is 1. The van der Waals surface area contributed by atoms with Crippen LogP contribution >= 0.6 is 11.6 Å².